The minimum absolute atomic E-state index is 0.0287. The number of hydrogen-bond acceptors (Lipinski definition) is 2. The Labute approximate surface area is 124 Å². The van der Waals surface area contributed by atoms with Crippen LogP contribution in [0.1, 0.15) is 19.8 Å². The van der Waals surface area contributed by atoms with E-state index in [9.17, 15) is 9.90 Å². The zero-order valence-electron chi connectivity index (χ0n) is 10.9. The second-order valence-corrected chi connectivity index (χ2v) is 6.84. The maximum Gasteiger partial charge on any atom is 0.357 e. The Bertz CT molecular complexity index is 431. The normalized spacial score (nSPS) is 9.32. The zero-order chi connectivity index (χ0) is 13.9. The van der Waals surface area contributed by atoms with Crippen molar-refractivity contribution in [3.05, 3.63) is 67.8 Å². The molecule has 0 radical (unpaired) electrons. The smallest absolute Gasteiger partial charge is 0.357 e. The molecule has 2 aromatic rings. The van der Waals surface area contributed by atoms with Crippen molar-refractivity contribution in [3.8, 4) is 0 Å². The number of halogens is 1. The fourth-order valence-electron chi connectivity index (χ4n) is 1.29. The fourth-order valence-corrected chi connectivity index (χ4v) is 3.55. The van der Waals surface area contributed by atoms with Crippen molar-refractivity contribution >= 4 is 5.97 Å². The SMILES string of the molecule is CCCC(=O)[O-].c1ccc([I+]c2ccccc2)cc1. The third-order valence-electron chi connectivity index (χ3n) is 2.14. The molecule has 0 bridgehead atoms. The van der Waals surface area contributed by atoms with E-state index < -0.39 is 5.97 Å². The molecule has 0 aliphatic carbocycles. The van der Waals surface area contributed by atoms with E-state index in [1.165, 1.54) is 7.14 Å². The van der Waals surface area contributed by atoms with Gasteiger partial charge in [0.1, 0.15) is 0 Å². The third-order valence-corrected chi connectivity index (χ3v) is 4.82. The van der Waals surface area contributed by atoms with Gasteiger partial charge in [-0.1, -0.05) is 49.7 Å². The molecular formula is C16H17IO2. The highest BCUT2D eigenvalue weighted by Crippen LogP contribution is 1.85. The summed E-state index contributed by atoms with van der Waals surface area (Å²) in [4.78, 5) is 9.49. The summed E-state index contributed by atoms with van der Waals surface area (Å²) in [5, 5.41) is 9.49. The van der Waals surface area contributed by atoms with Crippen molar-refractivity contribution in [2.24, 2.45) is 0 Å². The van der Waals surface area contributed by atoms with Crippen LogP contribution in [-0.4, -0.2) is 5.97 Å². The molecule has 0 aliphatic heterocycles. The van der Waals surface area contributed by atoms with E-state index in [1.54, 1.807) is 6.92 Å². The molecule has 0 spiro atoms. The van der Waals surface area contributed by atoms with Crippen molar-refractivity contribution in [3.63, 3.8) is 0 Å². The zero-order valence-corrected chi connectivity index (χ0v) is 13.0. The lowest BCUT2D eigenvalue weighted by Gasteiger charge is -1.92. The molecule has 3 heteroatoms. The summed E-state index contributed by atoms with van der Waals surface area (Å²) >= 11 is 0.0287. The van der Waals surface area contributed by atoms with Crippen LogP contribution in [0.5, 0.6) is 0 Å². The molecule has 0 saturated carbocycles. The fraction of sp³-hybridized carbons (Fsp3) is 0.188. The summed E-state index contributed by atoms with van der Waals surface area (Å²) in [6, 6.07) is 21.4. The summed E-state index contributed by atoms with van der Waals surface area (Å²) < 4.78 is 2.96. The summed E-state index contributed by atoms with van der Waals surface area (Å²) in [6.45, 7) is 1.80. The second-order valence-electron chi connectivity index (χ2n) is 3.81. The van der Waals surface area contributed by atoms with Gasteiger partial charge in [-0.05, 0) is 30.7 Å². The van der Waals surface area contributed by atoms with Crippen LogP contribution in [0.3, 0.4) is 0 Å². The molecule has 0 N–H and O–H groups in total. The van der Waals surface area contributed by atoms with Gasteiger partial charge in [-0.2, -0.15) is 0 Å². The number of aliphatic carboxylic acids is 1. The number of carboxylic acid groups (broad SMARTS) is 1. The average Bonchev–Trinajstić information content (AvgIpc) is 2.41. The monoisotopic (exact) mass is 368 g/mol. The summed E-state index contributed by atoms with van der Waals surface area (Å²) in [6.07, 6.45) is 0.850. The minimum atomic E-state index is -0.961. The van der Waals surface area contributed by atoms with Crippen LogP contribution >= 0.6 is 0 Å². The molecule has 2 rings (SSSR count). The molecule has 0 amide bonds. The van der Waals surface area contributed by atoms with Gasteiger partial charge in [-0.15, -0.1) is 0 Å². The molecule has 2 nitrogen and oxygen atoms in total. The molecule has 100 valence electrons. The Balaban J connectivity index is 0.000000258. The van der Waals surface area contributed by atoms with Crippen molar-refractivity contribution in [1.29, 1.82) is 0 Å². The predicted molar refractivity (Wildman–Crippen MR) is 70.2 cm³/mol. The van der Waals surface area contributed by atoms with E-state index in [4.69, 9.17) is 0 Å². The second kappa shape index (κ2) is 9.55. The maximum absolute atomic E-state index is 9.49. The standard InChI is InChI=1S/C12H10I.C4H8O2/c1-3-7-11(8-4-1)13-12-9-5-2-6-10-12;1-2-3-4(5)6/h1-10H;2-3H2,1H3,(H,5,6)/q+1;/p-1. The molecule has 2 aromatic carbocycles. The van der Waals surface area contributed by atoms with Crippen LogP contribution in [0.2, 0.25) is 0 Å². The Morgan fingerprint density at radius 1 is 0.947 bits per heavy atom. The van der Waals surface area contributed by atoms with Gasteiger partial charge in [-0.25, -0.2) is 0 Å². The summed E-state index contributed by atoms with van der Waals surface area (Å²) in [5.41, 5.74) is 0. The van der Waals surface area contributed by atoms with E-state index >= 15 is 0 Å². The molecule has 0 aromatic heterocycles. The lowest BCUT2D eigenvalue weighted by molar-refractivity contribution is -0.597. The highest BCUT2D eigenvalue weighted by Gasteiger charge is 2.12. The quantitative estimate of drug-likeness (QED) is 0.674. The van der Waals surface area contributed by atoms with Crippen LogP contribution < -0.4 is 26.3 Å². The van der Waals surface area contributed by atoms with Crippen LogP contribution in [-0.2, 0) is 4.79 Å². The lowest BCUT2D eigenvalue weighted by Crippen LogP contribution is -3.61. The van der Waals surface area contributed by atoms with Gasteiger partial charge in [-0.3, -0.25) is 0 Å². The molecule has 0 saturated heterocycles. The molecule has 0 heterocycles. The first kappa shape index (κ1) is 15.7. The Morgan fingerprint density at radius 3 is 1.63 bits per heavy atom. The largest absolute Gasteiger partial charge is 0.550 e. The summed E-state index contributed by atoms with van der Waals surface area (Å²) in [7, 11) is 0. The van der Waals surface area contributed by atoms with Crippen LogP contribution in [0, 0.1) is 7.14 Å². The molecule has 0 unspecified atom stereocenters. The van der Waals surface area contributed by atoms with Crippen LogP contribution in [0.25, 0.3) is 0 Å². The van der Waals surface area contributed by atoms with Gasteiger partial charge in [0.25, 0.3) is 0 Å². The van der Waals surface area contributed by atoms with Crippen molar-refractivity contribution in [2.45, 2.75) is 19.8 Å². The van der Waals surface area contributed by atoms with E-state index in [0.717, 1.165) is 0 Å². The van der Waals surface area contributed by atoms with Gasteiger partial charge < -0.3 is 9.90 Å². The highest BCUT2D eigenvalue weighted by atomic mass is 127. The number of hydrogen-bond donors (Lipinski definition) is 0. The van der Waals surface area contributed by atoms with E-state index in [0.29, 0.717) is 6.42 Å². The number of carbonyl (C=O) groups is 1. The van der Waals surface area contributed by atoms with Gasteiger partial charge in [0.05, 0.1) is 0 Å². The number of benzene rings is 2. The Hall–Kier alpha value is -1.36. The van der Waals surface area contributed by atoms with Crippen LogP contribution in [0.15, 0.2) is 60.7 Å². The van der Waals surface area contributed by atoms with Crippen molar-refractivity contribution in [2.75, 3.05) is 0 Å². The van der Waals surface area contributed by atoms with E-state index in [2.05, 4.69) is 60.7 Å². The lowest BCUT2D eigenvalue weighted by atomic mass is 10.4. The molecular weight excluding hydrogens is 351 g/mol. The number of rotatable bonds is 4. The van der Waals surface area contributed by atoms with Gasteiger partial charge >= 0.3 is 21.2 Å². The Kier molecular flexibility index (Phi) is 7.89. The maximum atomic E-state index is 9.49. The number of carbonyl (C=O) groups excluding carboxylic acids is 1. The Morgan fingerprint density at radius 2 is 1.37 bits per heavy atom. The predicted octanol–water partition coefficient (Wildman–Crippen LogP) is -0.649. The van der Waals surface area contributed by atoms with E-state index in [1.807, 2.05) is 0 Å². The average molecular weight is 368 g/mol. The first-order valence-electron chi connectivity index (χ1n) is 6.17. The molecule has 0 atom stereocenters. The topological polar surface area (TPSA) is 40.1 Å². The highest BCUT2D eigenvalue weighted by molar-refractivity contribution is 5.63. The van der Waals surface area contributed by atoms with Crippen molar-refractivity contribution in [1.82, 2.24) is 0 Å². The first-order valence-corrected chi connectivity index (χ1v) is 8.33. The first-order chi connectivity index (χ1) is 9.22. The molecule has 0 aliphatic rings. The van der Waals surface area contributed by atoms with Gasteiger partial charge in [0, 0.05) is 5.97 Å². The molecule has 0 fully saturated rings. The van der Waals surface area contributed by atoms with E-state index in [-0.39, 0.29) is 27.6 Å². The third kappa shape index (κ3) is 7.62. The van der Waals surface area contributed by atoms with Gasteiger partial charge in [0.2, 0.25) is 0 Å². The number of carboxylic acids is 1. The van der Waals surface area contributed by atoms with Gasteiger partial charge in [0.15, 0.2) is 7.14 Å². The molecule has 19 heavy (non-hydrogen) atoms. The summed E-state index contributed by atoms with van der Waals surface area (Å²) in [5.74, 6) is -0.961. The van der Waals surface area contributed by atoms with Crippen molar-refractivity contribution < 1.29 is 31.1 Å². The minimum Gasteiger partial charge on any atom is -0.550 e. The van der Waals surface area contributed by atoms with Crippen LogP contribution in [0.4, 0.5) is 0 Å².